The van der Waals surface area contributed by atoms with E-state index in [1.807, 2.05) is 12.1 Å². The molecule has 2 heterocycles. The third-order valence-corrected chi connectivity index (χ3v) is 5.26. The van der Waals surface area contributed by atoms with Crippen LogP contribution in [0.4, 0.5) is 11.4 Å². The minimum absolute atomic E-state index is 0.353. The van der Waals surface area contributed by atoms with E-state index < -0.39 is 6.10 Å². The van der Waals surface area contributed by atoms with Crippen molar-refractivity contribution in [3.63, 3.8) is 0 Å². The van der Waals surface area contributed by atoms with Crippen molar-refractivity contribution in [3.8, 4) is 0 Å². The minimum atomic E-state index is -1.06. The van der Waals surface area contributed by atoms with Crippen molar-refractivity contribution in [2.24, 2.45) is 0 Å². The van der Waals surface area contributed by atoms with Gasteiger partial charge in [0.25, 0.3) is 5.91 Å². The number of fused-ring (bicyclic) bond motifs is 1. The molecule has 1 saturated heterocycles. The third-order valence-electron chi connectivity index (χ3n) is 4.62. The number of aliphatic hydroxyl groups is 1. The van der Waals surface area contributed by atoms with Crippen LogP contribution in [0.15, 0.2) is 16.6 Å². The van der Waals surface area contributed by atoms with Crippen LogP contribution in [0.1, 0.15) is 25.5 Å². The SMILES string of the molecule is CC1CN(c2cc3c(cc2Br)C(O)C(=O)N3)CC(C)N1C. The maximum absolute atomic E-state index is 11.6. The number of hydrogen-bond acceptors (Lipinski definition) is 4. The molecule has 0 aromatic heterocycles. The number of aliphatic hydroxyl groups excluding tert-OH is 1. The summed E-state index contributed by atoms with van der Waals surface area (Å²) in [5, 5.41) is 12.6. The van der Waals surface area contributed by atoms with Gasteiger partial charge in [0.2, 0.25) is 0 Å². The standard InChI is InChI=1S/C15H20BrN3O2/c1-8-6-19(7-9(2)18(8)3)13-5-12-10(4-11(13)16)14(20)15(21)17-12/h4-5,8-9,14,20H,6-7H2,1-3H3,(H,17,21). The smallest absolute Gasteiger partial charge is 0.257 e. The van der Waals surface area contributed by atoms with Crippen LogP contribution in [0, 0.1) is 0 Å². The topological polar surface area (TPSA) is 55.8 Å². The van der Waals surface area contributed by atoms with Gasteiger partial charge in [0.15, 0.2) is 6.10 Å². The Kier molecular flexibility index (Phi) is 3.71. The molecule has 3 rings (SSSR count). The third kappa shape index (κ3) is 2.45. The highest BCUT2D eigenvalue weighted by Gasteiger charge is 2.32. The Balaban J connectivity index is 1.94. The second-order valence-corrected chi connectivity index (χ2v) is 6.91. The fourth-order valence-electron chi connectivity index (χ4n) is 3.10. The highest BCUT2D eigenvalue weighted by molar-refractivity contribution is 9.10. The van der Waals surface area contributed by atoms with E-state index in [0.717, 1.165) is 23.2 Å². The summed E-state index contributed by atoms with van der Waals surface area (Å²) >= 11 is 3.58. The first kappa shape index (κ1) is 14.8. The lowest BCUT2D eigenvalue weighted by molar-refractivity contribution is -0.123. The molecule has 1 aromatic carbocycles. The highest BCUT2D eigenvalue weighted by Crippen LogP contribution is 2.39. The van der Waals surface area contributed by atoms with Gasteiger partial charge in [-0.1, -0.05) is 0 Å². The summed E-state index contributed by atoms with van der Waals surface area (Å²) in [4.78, 5) is 16.3. The zero-order valence-corrected chi connectivity index (χ0v) is 14.0. The Bertz CT molecular complexity index is 581. The van der Waals surface area contributed by atoms with Crippen LogP contribution < -0.4 is 10.2 Å². The number of piperazine rings is 1. The lowest BCUT2D eigenvalue weighted by atomic mass is 10.1. The summed E-state index contributed by atoms with van der Waals surface area (Å²) in [6.45, 7) is 6.31. The second kappa shape index (κ2) is 5.26. The monoisotopic (exact) mass is 353 g/mol. The van der Waals surface area contributed by atoms with Gasteiger partial charge in [0, 0.05) is 40.9 Å². The van der Waals surface area contributed by atoms with Crippen LogP contribution in [0.3, 0.4) is 0 Å². The number of anilines is 2. The number of hydrogen-bond donors (Lipinski definition) is 2. The number of amides is 1. The minimum Gasteiger partial charge on any atom is -0.378 e. The Morgan fingerprint density at radius 2 is 1.90 bits per heavy atom. The second-order valence-electron chi connectivity index (χ2n) is 6.05. The van der Waals surface area contributed by atoms with E-state index in [9.17, 15) is 9.90 Å². The molecule has 5 nitrogen and oxygen atoms in total. The van der Waals surface area contributed by atoms with E-state index in [0.29, 0.717) is 23.3 Å². The van der Waals surface area contributed by atoms with Crippen molar-refractivity contribution in [2.75, 3.05) is 30.4 Å². The Hall–Kier alpha value is -1.11. The van der Waals surface area contributed by atoms with E-state index in [2.05, 4.69) is 51.9 Å². The average molecular weight is 354 g/mol. The van der Waals surface area contributed by atoms with E-state index in [1.165, 1.54) is 0 Å². The van der Waals surface area contributed by atoms with Gasteiger partial charge in [-0.3, -0.25) is 9.69 Å². The molecule has 1 fully saturated rings. The van der Waals surface area contributed by atoms with Crippen LogP contribution >= 0.6 is 15.9 Å². The van der Waals surface area contributed by atoms with E-state index in [4.69, 9.17) is 0 Å². The molecule has 114 valence electrons. The largest absolute Gasteiger partial charge is 0.378 e. The number of benzene rings is 1. The summed E-state index contributed by atoms with van der Waals surface area (Å²) in [5.41, 5.74) is 2.42. The molecule has 0 aliphatic carbocycles. The zero-order valence-electron chi connectivity index (χ0n) is 12.4. The van der Waals surface area contributed by atoms with Crippen LogP contribution in [0.2, 0.25) is 0 Å². The normalized spacial score (nSPS) is 29.5. The fourth-order valence-corrected chi connectivity index (χ4v) is 3.71. The van der Waals surface area contributed by atoms with Crippen molar-refractivity contribution in [1.29, 1.82) is 0 Å². The number of nitrogens with zero attached hydrogens (tertiary/aromatic N) is 2. The number of carbonyl (C=O) groups excluding carboxylic acids is 1. The lowest BCUT2D eigenvalue weighted by Crippen LogP contribution is -2.55. The highest BCUT2D eigenvalue weighted by atomic mass is 79.9. The van der Waals surface area contributed by atoms with Gasteiger partial charge in [0.1, 0.15) is 0 Å². The summed E-state index contributed by atoms with van der Waals surface area (Å²) < 4.78 is 0.917. The lowest BCUT2D eigenvalue weighted by Gasteiger charge is -2.43. The molecule has 6 heteroatoms. The van der Waals surface area contributed by atoms with Crippen LogP contribution in [-0.4, -0.2) is 48.1 Å². The van der Waals surface area contributed by atoms with Gasteiger partial charge in [0.05, 0.1) is 5.69 Å². The maximum atomic E-state index is 11.6. The molecular weight excluding hydrogens is 334 g/mol. The van der Waals surface area contributed by atoms with Crippen LogP contribution in [0.5, 0.6) is 0 Å². The molecule has 0 radical (unpaired) electrons. The number of halogens is 1. The number of carbonyl (C=O) groups is 1. The Morgan fingerprint density at radius 1 is 1.29 bits per heavy atom. The number of nitrogens with one attached hydrogen (secondary N) is 1. The van der Waals surface area contributed by atoms with Crippen molar-refractivity contribution >= 4 is 33.2 Å². The Labute approximate surface area is 133 Å². The number of likely N-dealkylation sites (N-methyl/N-ethyl adjacent to an activating group) is 1. The van der Waals surface area contributed by atoms with Crippen LogP contribution in [0.25, 0.3) is 0 Å². The summed E-state index contributed by atoms with van der Waals surface area (Å²) in [6.07, 6.45) is -1.06. The molecule has 3 atom stereocenters. The predicted molar refractivity (Wildman–Crippen MR) is 86.6 cm³/mol. The fraction of sp³-hybridized carbons (Fsp3) is 0.533. The molecule has 3 unspecified atom stereocenters. The average Bonchev–Trinajstić information content (AvgIpc) is 2.70. The van der Waals surface area contributed by atoms with E-state index in [1.54, 1.807) is 0 Å². The van der Waals surface area contributed by atoms with Gasteiger partial charge in [-0.15, -0.1) is 0 Å². The van der Waals surface area contributed by atoms with Gasteiger partial charge in [-0.25, -0.2) is 0 Å². The molecule has 2 aliphatic heterocycles. The van der Waals surface area contributed by atoms with Crippen LogP contribution in [-0.2, 0) is 4.79 Å². The molecule has 2 N–H and O–H groups in total. The molecule has 0 saturated carbocycles. The molecular formula is C15H20BrN3O2. The van der Waals surface area contributed by atoms with E-state index in [-0.39, 0.29) is 5.91 Å². The van der Waals surface area contributed by atoms with E-state index >= 15 is 0 Å². The molecule has 0 spiro atoms. The molecule has 21 heavy (non-hydrogen) atoms. The van der Waals surface area contributed by atoms with Gasteiger partial charge >= 0.3 is 0 Å². The van der Waals surface area contributed by atoms with Crippen molar-refractivity contribution in [3.05, 3.63) is 22.2 Å². The van der Waals surface area contributed by atoms with Gasteiger partial charge in [-0.05, 0) is 49.0 Å². The van der Waals surface area contributed by atoms with Crippen molar-refractivity contribution < 1.29 is 9.90 Å². The molecule has 0 bridgehead atoms. The maximum Gasteiger partial charge on any atom is 0.257 e. The van der Waals surface area contributed by atoms with Gasteiger partial charge < -0.3 is 15.3 Å². The zero-order chi connectivity index (χ0) is 15.3. The number of rotatable bonds is 1. The first-order valence-electron chi connectivity index (χ1n) is 7.17. The summed E-state index contributed by atoms with van der Waals surface area (Å²) in [5.74, 6) is -0.353. The predicted octanol–water partition coefficient (Wildman–Crippen LogP) is 1.96. The summed E-state index contributed by atoms with van der Waals surface area (Å²) in [7, 11) is 2.15. The van der Waals surface area contributed by atoms with Crippen molar-refractivity contribution in [1.82, 2.24) is 4.90 Å². The first-order chi connectivity index (χ1) is 9.88. The summed E-state index contributed by atoms with van der Waals surface area (Å²) in [6, 6.07) is 4.74. The first-order valence-corrected chi connectivity index (χ1v) is 7.97. The van der Waals surface area contributed by atoms with Gasteiger partial charge in [-0.2, -0.15) is 0 Å². The quantitative estimate of drug-likeness (QED) is 0.810. The molecule has 1 amide bonds. The Morgan fingerprint density at radius 3 is 2.52 bits per heavy atom. The molecule has 2 aliphatic rings. The van der Waals surface area contributed by atoms with Crippen molar-refractivity contribution in [2.45, 2.75) is 32.0 Å². The molecule has 1 aromatic rings.